The van der Waals surface area contributed by atoms with Crippen molar-refractivity contribution in [3.05, 3.63) is 58.1 Å². The highest BCUT2D eigenvalue weighted by Gasteiger charge is 2.41. The second-order valence-corrected chi connectivity index (χ2v) is 8.78. The van der Waals surface area contributed by atoms with Crippen LogP contribution in [0, 0.1) is 0 Å². The molecule has 2 saturated heterocycles. The van der Waals surface area contributed by atoms with E-state index in [1.807, 2.05) is 29.2 Å². The molecule has 0 aromatic heterocycles. The van der Waals surface area contributed by atoms with Crippen molar-refractivity contribution in [2.45, 2.75) is 18.5 Å². The summed E-state index contributed by atoms with van der Waals surface area (Å²) < 4.78 is 11.7. The minimum atomic E-state index is -0.0689. The van der Waals surface area contributed by atoms with Crippen molar-refractivity contribution in [1.29, 1.82) is 0 Å². The van der Waals surface area contributed by atoms with Gasteiger partial charge in [0.05, 0.1) is 29.0 Å². The molecule has 2 unspecified atom stereocenters. The lowest BCUT2D eigenvalue weighted by Crippen LogP contribution is -2.56. The molecule has 2 heterocycles. The molecule has 0 radical (unpaired) electrons. The van der Waals surface area contributed by atoms with Crippen molar-refractivity contribution in [1.82, 2.24) is 9.80 Å². The van der Waals surface area contributed by atoms with Crippen LogP contribution < -0.4 is 4.74 Å². The largest absolute Gasteiger partial charge is 0.457 e. The molecule has 8 heteroatoms. The fourth-order valence-corrected chi connectivity index (χ4v) is 5.17. The first-order valence-electron chi connectivity index (χ1n) is 9.54. The van der Waals surface area contributed by atoms with Crippen molar-refractivity contribution in [3.8, 4) is 11.5 Å². The lowest BCUT2D eigenvalue weighted by atomic mass is 10.1. The van der Waals surface area contributed by atoms with Crippen LogP contribution in [0.2, 0.25) is 10.0 Å². The third-order valence-corrected chi connectivity index (χ3v) is 7.08. The van der Waals surface area contributed by atoms with Gasteiger partial charge in [-0.3, -0.25) is 9.69 Å². The van der Waals surface area contributed by atoms with E-state index >= 15 is 0 Å². The number of nitrogens with zero attached hydrogens (tertiary/aromatic N) is 2. The summed E-state index contributed by atoms with van der Waals surface area (Å²) in [5.74, 6) is 1.91. The van der Waals surface area contributed by atoms with E-state index in [-0.39, 0.29) is 17.4 Å². The summed E-state index contributed by atoms with van der Waals surface area (Å²) in [6.45, 7) is 5.08. The molecule has 2 atom stereocenters. The van der Waals surface area contributed by atoms with Gasteiger partial charge in [0.15, 0.2) is 0 Å². The number of rotatable bonds is 5. The molecular weight excluding hydrogens is 431 g/mol. The second kappa shape index (κ2) is 9.14. The predicted octanol–water partition coefficient (Wildman–Crippen LogP) is 5.04. The number of likely N-dealkylation sites (N-methyl/N-ethyl adjacent to an activating group) is 1. The molecule has 0 spiro atoms. The van der Waals surface area contributed by atoms with Gasteiger partial charge in [-0.2, -0.15) is 0 Å². The third kappa shape index (κ3) is 4.52. The molecule has 1 amide bonds. The summed E-state index contributed by atoms with van der Waals surface area (Å²) in [7, 11) is 0. The number of carbonyl (C=O) groups is 1. The molecule has 0 bridgehead atoms. The number of benzene rings is 2. The summed E-state index contributed by atoms with van der Waals surface area (Å²) in [6, 6.07) is 13.0. The van der Waals surface area contributed by atoms with E-state index in [0.29, 0.717) is 40.5 Å². The molecule has 2 aliphatic heterocycles. The van der Waals surface area contributed by atoms with Gasteiger partial charge in [0.2, 0.25) is 5.91 Å². The second-order valence-electron chi connectivity index (χ2n) is 6.90. The van der Waals surface area contributed by atoms with Gasteiger partial charge in [-0.15, -0.1) is 11.8 Å². The summed E-state index contributed by atoms with van der Waals surface area (Å²) in [5.41, 5.74) is 1.03. The average molecular weight is 453 g/mol. The lowest BCUT2D eigenvalue weighted by molar-refractivity contribution is -0.143. The van der Waals surface area contributed by atoms with Crippen LogP contribution >= 0.6 is 35.0 Å². The Kier molecular flexibility index (Phi) is 6.56. The molecule has 0 aliphatic carbocycles. The maximum absolute atomic E-state index is 12.7. The topological polar surface area (TPSA) is 42.0 Å². The number of halogens is 2. The highest BCUT2D eigenvalue weighted by molar-refractivity contribution is 8.00. The Morgan fingerprint density at radius 3 is 2.79 bits per heavy atom. The van der Waals surface area contributed by atoms with Crippen LogP contribution in [-0.4, -0.2) is 53.9 Å². The molecule has 5 nitrogen and oxygen atoms in total. The number of hydrogen-bond acceptors (Lipinski definition) is 5. The van der Waals surface area contributed by atoms with Crippen LogP contribution in [0.15, 0.2) is 42.5 Å². The maximum Gasteiger partial charge on any atom is 0.235 e. The highest BCUT2D eigenvalue weighted by atomic mass is 35.5. The van der Waals surface area contributed by atoms with Crippen LogP contribution in [0.3, 0.4) is 0 Å². The van der Waals surface area contributed by atoms with E-state index in [1.54, 1.807) is 30.0 Å². The minimum absolute atomic E-state index is 0.0408. The number of hydrogen-bond donors (Lipinski definition) is 0. The van der Waals surface area contributed by atoms with E-state index in [9.17, 15) is 4.79 Å². The van der Waals surface area contributed by atoms with Gasteiger partial charge in [0.25, 0.3) is 0 Å². The van der Waals surface area contributed by atoms with Crippen molar-refractivity contribution in [3.63, 3.8) is 0 Å². The molecule has 2 aromatic rings. The first kappa shape index (κ1) is 20.8. The van der Waals surface area contributed by atoms with Crippen molar-refractivity contribution in [2.24, 2.45) is 0 Å². The van der Waals surface area contributed by atoms with E-state index in [2.05, 4.69) is 11.8 Å². The van der Waals surface area contributed by atoms with E-state index in [0.717, 1.165) is 18.7 Å². The van der Waals surface area contributed by atoms with Crippen LogP contribution in [0.1, 0.15) is 17.9 Å². The van der Waals surface area contributed by atoms with E-state index in [4.69, 9.17) is 32.7 Å². The number of thioether (sulfide) groups is 1. The quantitative estimate of drug-likeness (QED) is 0.635. The monoisotopic (exact) mass is 452 g/mol. The zero-order valence-electron chi connectivity index (χ0n) is 16.0. The van der Waals surface area contributed by atoms with Gasteiger partial charge >= 0.3 is 0 Å². The molecule has 2 aromatic carbocycles. The van der Waals surface area contributed by atoms with Crippen molar-refractivity contribution < 1.29 is 14.3 Å². The SMILES string of the molecule is CCN1CCOCC1N1C(=O)CSC1c1cccc(Oc2ccc(Cl)c(Cl)c2)c1. The first-order valence-corrected chi connectivity index (χ1v) is 11.3. The number of ether oxygens (including phenoxy) is 2. The average Bonchev–Trinajstić information content (AvgIpc) is 3.12. The summed E-state index contributed by atoms with van der Waals surface area (Å²) in [5, 5.41) is 0.862. The summed E-state index contributed by atoms with van der Waals surface area (Å²) >= 11 is 13.7. The van der Waals surface area contributed by atoms with Crippen LogP contribution in [0.5, 0.6) is 11.5 Å². The van der Waals surface area contributed by atoms with Gasteiger partial charge < -0.3 is 14.4 Å². The molecular formula is C21H22Cl2N2O3S. The standard InChI is InChI=1S/C21H22Cl2N2O3S/c1-2-24-8-9-27-12-19(24)25-20(26)13-29-21(25)14-4-3-5-15(10-14)28-16-6-7-17(22)18(23)11-16/h3-7,10-11,19,21H,2,8-9,12-13H2,1H3. The Labute approximate surface area is 184 Å². The van der Waals surface area contributed by atoms with Gasteiger partial charge in [-0.25, -0.2) is 0 Å². The molecule has 0 saturated carbocycles. The smallest absolute Gasteiger partial charge is 0.235 e. The molecule has 4 rings (SSSR count). The summed E-state index contributed by atoms with van der Waals surface area (Å²) in [6.07, 6.45) is -0.0408. The fourth-order valence-electron chi connectivity index (χ4n) is 3.67. The zero-order valence-corrected chi connectivity index (χ0v) is 18.3. The third-order valence-electron chi connectivity index (χ3n) is 5.11. The van der Waals surface area contributed by atoms with Crippen LogP contribution in [-0.2, 0) is 9.53 Å². The Bertz CT molecular complexity index is 898. The Balaban J connectivity index is 1.57. The van der Waals surface area contributed by atoms with Gasteiger partial charge in [-0.1, -0.05) is 42.3 Å². The number of carbonyl (C=O) groups excluding carboxylic acids is 1. The predicted molar refractivity (Wildman–Crippen MR) is 117 cm³/mol. The highest BCUT2D eigenvalue weighted by Crippen LogP contribution is 2.42. The van der Waals surface area contributed by atoms with Crippen molar-refractivity contribution in [2.75, 3.05) is 32.1 Å². The normalized spacial score (nSPS) is 22.9. The van der Waals surface area contributed by atoms with Gasteiger partial charge in [0.1, 0.15) is 23.0 Å². The fraction of sp³-hybridized carbons (Fsp3) is 0.381. The Morgan fingerprint density at radius 2 is 2.00 bits per heavy atom. The summed E-state index contributed by atoms with van der Waals surface area (Å²) in [4.78, 5) is 17.0. The van der Waals surface area contributed by atoms with Gasteiger partial charge in [0, 0.05) is 12.6 Å². The van der Waals surface area contributed by atoms with Crippen LogP contribution in [0.4, 0.5) is 0 Å². The van der Waals surface area contributed by atoms with Crippen LogP contribution in [0.25, 0.3) is 0 Å². The van der Waals surface area contributed by atoms with Crippen molar-refractivity contribution >= 4 is 40.9 Å². The van der Waals surface area contributed by atoms with E-state index in [1.165, 1.54) is 0 Å². The first-order chi connectivity index (χ1) is 14.1. The molecule has 29 heavy (non-hydrogen) atoms. The number of morpholine rings is 1. The molecule has 2 fully saturated rings. The minimum Gasteiger partial charge on any atom is -0.457 e. The molecule has 2 aliphatic rings. The van der Waals surface area contributed by atoms with Gasteiger partial charge in [-0.05, 0) is 36.4 Å². The molecule has 154 valence electrons. The number of amides is 1. The lowest BCUT2D eigenvalue weighted by Gasteiger charge is -2.42. The Hall–Kier alpha value is -1.44. The van der Waals surface area contributed by atoms with E-state index < -0.39 is 0 Å². The Morgan fingerprint density at radius 1 is 1.17 bits per heavy atom. The maximum atomic E-state index is 12.7. The molecule has 0 N–H and O–H groups in total. The zero-order chi connectivity index (χ0) is 20.4.